The standard InChI is InChI=1S/C15H23NO4/c1-3-5-9-16-10-12-7-6-8-13(19-4-2)15(12)20-11-14(17)18/h6-8,16H,3-5,9-11H2,1-2H3,(H,17,18). The normalized spacial score (nSPS) is 10.3. The van der Waals surface area contributed by atoms with Crippen molar-refractivity contribution >= 4 is 5.97 Å². The molecule has 0 aliphatic rings. The molecule has 0 aliphatic carbocycles. The van der Waals surface area contributed by atoms with Gasteiger partial charge in [0.25, 0.3) is 0 Å². The van der Waals surface area contributed by atoms with Crippen LogP contribution in [0.3, 0.4) is 0 Å². The Balaban J connectivity index is 2.78. The Kier molecular flexibility index (Phi) is 7.50. The maximum atomic E-state index is 10.7. The van der Waals surface area contributed by atoms with Crippen LogP contribution < -0.4 is 14.8 Å². The third-order valence-corrected chi connectivity index (χ3v) is 2.72. The van der Waals surface area contributed by atoms with Crippen LogP contribution in [0.5, 0.6) is 11.5 Å². The van der Waals surface area contributed by atoms with Crippen molar-refractivity contribution in [1.29, 1.82) is 0 Å². The van der Waals surface area contributed by atoms with Gasteiger partial charge in [-0.1, -0.05) is 25.5 Å². The first-order chi connectivity index (χ1) is 9.69. The number of nitrogens with one attached hydrogen (secondary N) is 1. The van der Waals surface area contributed by atoms with Crippen molar-refractivity contribution in [2.75, 3.05) is 19.8 Å². The van der Waals surface area contributed by atoms with Gasteiger partial charge in [-0.15, -0.1) is 0 Å². The van der Waals surface area contributed by atoms with E-state index in [0.717, 1.165) is 24.9 Å². The minimum atomic E-state index is -0.999. The molecule has 0 saturated heterocycles. The van der Waals surface area contributed by atoms with Crippen molar-refractivity contribution in [1.82, 2.24) is 5.32 Å². The van der Waals surface area contributed by atoms with Crippen molar-refractivity contribution in [3.8, 4) is 11.5 Å². The summed E-state index contributed by atoms with van der Waals surface area (Å²) in [6.45, 7) is 5.72. The van der Waals surface area contributed by atoms with Gasteiger partial charge in [0, 0.05) is 12.1 Å². The first kappa shape index (κ1) is 16.3. The molecule has 0 unspecified atom stereocenters. The molecule has 0 heterocycles. The molecule has 0 spiro atoms. The molecular weight excluding hydrogens is 258 g/mol. The number of hydrogen-bond donors (Lipinski definition) is 2. The van der Waals surface area contributed by atoms with E-state index >= 15 is 0 Å². The Morgan fingerprint density at radius 2 is 2.10 bits per heavy atom. The lowest BCUT2D eigenvalue weighted by Gasteiger charge is -2.15. The molecule has 20 heavy (non-hydrogen) atoms. The van der Waals surface area contributed by atoms with Gasteiger partial charge in [0.1, 0.15) is 0 Å². The molecule has 0 bridgehead atoms. The van der Waals surface area contributed by atoms with Crippen molar-refractivity contribution in [3.63, 3.8) is 0 Å². The highest BCUT2D eigenvalue weighted by Gasteiger charge is 2.12. The van der Waals surface area contributed by atoms with Gasteiger partial charge in [-0.3, -0.25) is 0 Å². The highest BCUT2D eigenvalue weighted by molar-refractivity contribution is 5.68. The second kappa shape index (κ2) is 9.20. The van der Waals surface area contributed by atoms with Crippen molar-refractivity contribution < 1.29 is 19.4 Å². The number of carboxylic acids is 1. The lowest BCUT2D eigenvalue weighted by Crippen LogP contribution is -2.17. The Morgan fingerprint density at radius 3 is 2.75 bits per heavy atom. The number of aliphatic carboxylic acids is 1. The number of unbranched alkanes of at least 4 members (excludes halogenated alkanes) is 1. The Hall–Kier alpha value is -1.75. The highest BCUT2D eigenvalue weighted by atomic mass is 16.5. The summed E-state index contributed by atoms with van der Waals surface area (Å²) in [7, 11) is 0. The molecule has 0 radical (unpaired) electrons. The minimum absolute atomic E-state index is 0.369. The Labute approximate surface area is 119 Å². The largest absolute Gasteiger partial charge is 0.490 e. The smallest absolute Gasteiger partial charge is 0.341 e. The fraction of sp³-hybridized carbons (Fsp3) is 0.533. The summed E-state index contributed by atoms with van der Waals surface area (Å²) in [6.07, 6.45) is 2.24. The minimum Gasteiger partial charge on any atom is -0.490 e. The molecule has 0 fully saturated rings. The second-order valence-electron chi connectivity index (χ2n) is 4.39. The van der Waals surface area contributed by atoms with E-state index in [1.54, 1.807) is 6.07 Å². The van der Waals surface area contributed by atoms with Crippen molar-refractivity contribution in [2.24, 2.45) is 0 Å². The average molecular weight is 281 g/mol. The van der Waals surface area contributed by atoms with Gasteiger partial charge in [-0.05, 0) is 26.0 Å². The van der Waals surface area contributed by atoms with E-state index in [0.29, 0.717) is 24.7 Å². The summed E-state index contributed by atoms with van der Waals surface area (Å²) in [5.74, 6) is 0.102. The molecule has 0 aromatic heterocycles. The number of carboxylic acid groups (broad SMARTS) is 1. The van der Waals surface area contributed by atoms with Gasteiger partial charge >= 0.3 is 5.97 Å². The summed E-state index contributed by atoms with van der Waals surface area (Å²) < 4.78 is 10.9. The summed E-state index contributed by atoms with van der Waals surface area (Å²) in [6, 6.07) is 5.59. The van der Waals surface area contributed by atoms with Gasteiger partial charge in [0.05, 0.1) is 6.61 Å². The molecule has 0 saturated carbocycles. The molecule has 0 amide bonds. The fourth-order valence-corrected chi connectivity index (χ4v) is 1.79. The van der Waals surface area contributed by atoms with Crippen LogP contribution in [-0.2, 0) is 11.3 Å². The zero-order valence-corrected chi connectivity index (χ0v) is 12.1. The van der Waals surface area contributed by atoms with Crippen LogP contribution in [0.1, 0.15) is 32.3 Å². The number of para-hydroxylation sites is 1. The van der Waals surface area contributed by atoms with E-state index in [4.69, 9.17) is 14.6 Å². The maximum absolute atomic E-state index is 10.7. The predicted molar refractivity (Wildman–Crippen MR) is 77.4 cm³/mol. The number of ether oxygens (including phenoxy) is 2. The predicted octanol–water partition coefficient (Wildman–Crippen LogP) is 2.44. The first-order valence-electron chi connectivity index (χ1n) is 6.99. The number of benzene rings is 1. The Bertz CT molecular complexity index is 420. The van der Waals surface area contributed by atoms with Gasteiger partial charge in [0.2, 0.25) is 0 Å². The summed E-state index contributed by atoms with van der Waals surface area (Å²) in [5, 5.41) is 12.1. The summed E-state index contributed by atoms with van der Waals surface area (Å²) >= 11 is 0. The SMILES string of the molecule is CCCCNCc1cccc(OCC)c1OCC(=O)O. The van der Waals surface area contributed by atoms with Crippen LogP contribution in [-0.4, -0.2) is 30.8 Å². The van der Waals surface area contributed by atoms with Crippen LogP contribution >= 0.6 is 0 Å². The molecule has 1 aromatic rings. The lowest BCUT2D eigenvalue weighted by atomic mass is 10.1. The van der Waals surface area contributed by atoms with Crippen molar-refractivity contribution in [3.05, 3.63) is 23.8 Å². The molecule has 5 nitrogen and oxygen atoms in total. The van der Waals surface area contributed by atoms with Crippen LogP contribution in [0, 0.1) is 0 Å². The van der Waals surface area contributed by atoms with Crippen LogP contribution in [0.4, 0.5) is 0 Å². The average Bonchev–Trinajstić information content (AvgIpc) is 2.43. The molecule has 2 N–H and O–H groups in total. The van der Waals surface area contributed by atoms with E-state index in [1.807, 2.05) is 19.1 Å². The highest BCUT2D eigenvalue weighted by Crippen LogP contribution is 2.31. The van der Waals surface area contributed by atoms with Gasteiger partial charge < -0.3 is 19.9 Å². The van der Waals surface area contributed by atoms with E-state index in [-0.39, 0.29) is 6.61 Å². The topological polar surface area (TPSA) is 67.8 Å². The van der Waals surface area contributed by atoms with E-state index < -0.39 is 5.97 Å². The van der Waals surface area contributed by atoms with Crippen LogP contribution in [0.25, 0.3) is 0 Å². The Morgan fingerprint density at radius 1 is 1.30 bits per heavy atom. The maximum Gasteiger partial charge on any atom is 0.341 e. The molecule has 0 aliphatic heterocycles. The first-order valence-corrected chi connectivity index (χ1v) is 6.99. The fourth-order valence-electron chi connectivity index (χ4n) is 1.79. The van der Waals surface area contributed by atoms with Crippen molar-refractivity contribution in [2.45, 2.75) is 33.2 Å². The number of hydrogen-bond acceptors (Lipinski definition) is 4. The van der Waals surface area contributed by atoms with E-state index in [1.165, 1.54) is 0 Å². The third-order valence-electron chi connectivity index (χ3n) is 2.72. The molecule has 1 aromatic carbocycles. The summed E-state index contributed by atoms with van der Waals surface area (Å²) in [5.41, 5.74) is 0.910. The zero-order valence-electron chi connectivity index (χ0n) is 12.1. The van der Waals surface area contributed by atoms with Crippen LogP contribution in [0.2, 0.25) is 0 Å². The lowest BCUT2D eigenvalue weighted by molar-refractivity contribution is -0.139. The quantitative estimate of drug-likeness (QED) is 0.645. The van der Waals surface area contributed by atoms with E-state index in [9.17, 15) is 4.79 Å². The molecule has 112 valence electrons. The molecular formula is C15H23NO4. The van der Waals surface area contributed by atoms with Gasteiger partial charge in [-0.25, -0.2) is 4.79 Å². The monoisotopic (exact) mass is 281 g/mol. The molecule has 1 rings (SSSR count). The van der Waals surface area contributed by atoms with Gasteiger partial charge in [-0.2, -0.15) is 0 Å². The molecule has 0 atom stereocenters. The summed E-state index contributed by atoms with van der Waals surface area (Å²) in [4.78, 5) is 10.7. The van der Waals surface area contributed by atoms with E-state index in [2.05, 4.69) is 12.2 Å². The number of rotatable bonds is 10. The van der Waals surface area contributed by atoms with Crippen LogP contribution in [0.15, 0.2) is 18.2 Å². The third kappa shape index (κ3) is 5.48. The van der Waals surface area contributed by atoms with Gasteiger partial charge in [0.15, 0.2) is 18.1 Å². The zero-order chi connectivity index (χ0) is 14.8. The molecule has 5 heteroatoms. The second-order valence-corrected chi connectivity index (χ2v) is 4.39. The number of carbonyl (C=O) groups is 1.